The van der Waals surface area contributed by atoms with Gasteiger partial charge in [-0.15, -0.1) is 11.3 Å². The van der Waals surface area contributed by atoms with Gasteiger partial charge in [-0.25, -0.2) is 4.98 Å². The van der Waals surface area contributed by atoms with E-state index in [-0.39, 0.29) is 11.8 Å². The predicted molar refractivity (Wildman–Crippen MR) is 60.0 cm³/mol. The van der Waals surface area contributed by atoms with Crippen LogP contribution in [0.3, 0.4) is 0 Å². The zero-order valence-electron chi connectivity index (χ0n) is 8.69. The molecule has 1 aromatic heterocycles. The summed E-state index contributed by atoms with van der Waals surface area (Å²) in [4.78, 5) is 16.1. The van der Waals surface area contributed by atoms with E-state index < -0.39 is 0 Å². The van der Waals surface area contributed by atoms with Crippen molar-refractivity contribution >= 4 is 22.4 Å². The average Bonchev–Trinajstić information content (AvgIpc) is 3.10. The summed E-state index contributed by atoms with van der Waals surface area (Å²) in [6.07, 6.45) is 3.56. The summed E-state index contributed by atoms with van der Waals surface area (Å²) in [5, 5.41) is 5.76. The molecule has 2 atom stereocenters. The van der Waals surface area contributed by atoms with E-state index in [1.807, 2.05) is 0 Å². The van der Waals surface area contributed by atoms with E-state index in [4.69, 9.17) is 0 Å². The number of aromatic nitrogens is 1. The molecule has 80 valence electrons. The lowest BCUT2D eigenvalue weighted by Crippen LogP contribution is -2.14. The number of nitrogens with one attached hydrogen (secondary N) is 1. The molecule has 0 bridgehead atoms. The first-order chi connectivity index (χ1) is 7.24. The van der Waals surface area contributed by atoms with Gasteiger partial charge >= 0.3 is 0 Å². The molecule has 0 radical (unpaired) electrons. The summed E-state index contributed by atoms with van der Waals surface area (Å²) in [5.74, 6) is 1.62. The van der Waals surface area contributed by atoms with Crippen molar-refractivity contribution in [1.82, 2.24) is 4.98 Å². The average molecular weight is 222 g/mol. The van der Waals surface area contributed by atoms with Crippen molar-refractivity contribution < 1.29 is 4.79 Å². The van der Waals surface area contributed by atoms with Crippen molar-refractivity contribution in [2.45, 2.75) is 32.1 Å². The Labute approximate surface area is 92.9 Å². The molecule has 15 heavy (non-hydrogen) atoms. The maximum atomic E-state index is 11.6. The van der Waals surface area contributed by atoms with Gasteiger partial charge in [-0.1, -0.05) is 6.92 Å². The van der Waals surface area contributed by atoms with Crippen molar-refractivity contribution in [1.29, 1.82) is 0 Å². The van der Waals surface area contributed by atoms with Gasteiger partial charge in [-0.05, 0) is 25.2 Å². The number of hydrogen-bond acceptors (Lipinski definition) is 3. The molecule has 2 aliphatic rings. The molecule has 2 fully saturated rings. The first-order valence-electron chi connectivity index (χ1n) is 5.50. The Bertz CT molecular complexity index is 397. The molecule has 3 rings (SSSR count). The monoisotopic (exact) mass is 222 g/mol. The number of thiazole rings is 1. The quantitative estimate of drug-likeness (QED) is 0.854. The van der Waals surface area contributed by atoms with Gasteiger partial charge in [0.1, 0.15) is 0 Å². The molecule has 0 aromatic carbocycles. The molecule has 1 amide bonds. The Hall–Kier alpha value is -0.900. The van der Waals surface area contributed by atoms with Gasteiger partial charge in [0.15, 0.2) is 5.13 Å². The van der Waals surface area contributed by atoms with Gasteiger partial charge < -0.3 is 5.32 Å². The van der Waals surface area contributed by atoms with E-state index in [9.17, 15) is 4.79 Å². The van der Waals surface area contributed by atoms with Crippen LogP contribution in [0.15, 0.2) is 5.38 Å². The second-order valence-corrected chi connectivity index (χ2v) is 5.52. The Morgan fingerprint density at radius 1 is 1.60 bits per heavy atom. The van der Waals surface area contributed by atoms with Crippen LogP contribution in [0.25, 0.3) is 0 Å². The number of rotatable bonds is 3. The fraction of sp³-hybridized carbons (Fsp3) is 0.636. The smallest absolute Gasteiger partial charge is 0.229 e. The van der Waals surface area contributed by atoms with Crippen LogP contribution in [0.2, 0.25) is 0 Å². The molecular weight excluding hydrogens is 208 g/mol. The zero-order chi connectivity index (χ0) is 10.4. The number of amides is 1. The van der Waals surface area contributed by atoms with Crippen molar-refractivity contribution in [2.75, 3.05) is 5.32 Å². The number of anilines is 1. The maximum absolute atomic E-state index is 11.6. The van der Waals surface area contributed by atoms with Crippen LogP contribution >= 0.6 is 11.3 Å². The van der Waals surface area contributed by atoms with Crippen LogP contribution in [0.1, 0.15) is 37.8 Å². The van der Waals surface area contributed by atoms with Gasteiger partial charge in [0, 0.05) is 17.2 Å². The summed E-state index contributed by atoms with van der Waals surface area (Å²) in [5.41, 5.74) is 1.17. The Kier molecular flexibility index (Phi) is 2.06. The number of hydrogen-bond donors (Lipinski definition) is 1. The first kappa shape index (κ1) is 9.33. The zero-order valence-corrected chi connectivity index (χ0v) is 9.51. The fourth-order valence-corrected chi connectivity index (χ4v) is 2.59. The Morgan fingerprint density at radius 3 is 2.93 bits per heavy atom. The molecule has 2 aliphatic carbocycles. The molecule has 1 heterocycles. The largest absolute Gasteiger partial charge is 0.302 e. The van der Waals surface area contributed by atoms with E-state index in [1.165, 1.54) is 18.5 Å². The van der Waals surface area contributed by atoms with Gasteiger partial charge in [0.05, 0.1) is 5.69 Å². The second kappa shape index (κ2) is 3.30. The lowest BCUT2D eigenvalue weighted by Gasteiger charge is -1.98. The van der Waals surface area contributed by atoms with Crippen LogP contribution in [0.5, 0.6) is 0 Å². The summed E-state index contributed by atoms with van der Waals surface area (Å²) < 4.78 is 0. The lowest BCUT2D eigenvalue weighted by molar-refractivity contribution is -0.117. The third-order valence-electron chi connectivity index (χ3n) is 3.19. The standard InChI is InChI=1S/C11H14N2OS/c1-6-4-8(6)10(14)13-11-12-9(5-15-11)7-2-3-7/h5-8H,2-4H2,1H3,(H,12,13,14)/t6-,8-/m0/s1. The minimum atomic E-state index is 0.152. The number of carbonyl (C=O) groups is 1. The number of carbonyl (C=O) groups excluding carboxylic acids is 1. The Morgan fingerprint density at radius 2 is 2.33 bits per heavy atom. The second-order valence-electron chi connectivity index (χ2n) is 4.66. The van der Waals surface area contributed by atoms with E-state index in [1.54, 1.807) is 11.3 Å². The highest BCUT2D eigenvalue weighted by Crippen LogP contribution is 2.42. The summed E-state index contributed by atoms with van der Waals surface area (Å²) >= 11 is 1.55. The van der Waals surface area contributed by atoms with Crippen LogP contribution < -0.4 is 5.32 Å². The number of nitrogens with zero attached hydrogens (tertiary/aromatic N) is 1. The van der Waals surface area contributed by atoms with Crippen molar-refractivity contribution in [3.8, 4) is 0 Å². The molecule has 0 unspecified atom stereocenters. The van der Waals surface area contributed by atoms with E-state index in [2.05, 4.69) is 22.6 Å². The van der Waals surface area contributed by atoms with E-state index >= 15 is 0 Å². The molecule has 2 saturated carbocycles. The van der Waals surface area contributed by atoms with Crippen molar-refractivity contribution in [3.63, 3.8) is 0 Å². The summed E-state index contributed by atoms with van der Waals surface area (Å²) in [7, 11) is 0. The minimum absolute atomic E-state index is 0.152. The van der Waals surface area contributed by atoms with Crippen molar-refractivity contribution in [2.24, 2.45) is 11.8 Å². The molecule has 3 nitrogen and oxygen atoms in total. The summed E-state index contributed by atoms with van der Waals surface area (Å²) in [6.45, 7) is 2.11. The highest BCUT2D eigenvalue weighted by atomic mass is 32.1. The normalized spacial score (nSPS) is 28.9. The lowest BCUT2D eigenvalue weighted by atomic mass is 10.3. The SMILES string of the molecule is C[C@H]1C[C@@H]1C(=O)Nc1nc(C2CC2)cs1. The van der Waals surface area contributed by atoms with Gasteiger partial charge in [0.2, 0.25) is 5.91 Å². The fourth-order valence-electron chi connectivity index (χ4n) is 1.80. The highest BCUT2D eigenvalue weighted by molar-refractivity contribution is 7.13. The van der Waals surface area contributed by atoms with Crippen LogP contribution in [0.4, 0.5) is 5.13 Å². The van der Waals surface area contributed by atoms with Crippen molar-refractivity contribution in [3.05, 3.63) is 11.1 Å². The van der Waals surface area contributed by atoms with Crippen LogP contribution in [0, 0.1) is 11.8 Å². The minimum Gasteiger partial charge on any atom is -0.302 e. The van der Waals surface area contributed by atoms with Crippen LogP contribution in [-0.4, -0.2) is 10.9 Å². The summed E-state index contributed by atoms with van der Waals surface area (Å²) in [6, 6.07) is 0. The molecule has 0 aliphatic heterocycles. The highest BCUT2D eigenvalue weighted by Gasteiger charge is 2.39. The molecular formula is C11H14N2OS. The van der Waals surface area contributed by atoms with Crippen LogP contribution in [-0.2, 0) is 4.79 Å². The molecule has 1 N–H and O–H groups in total. The maximum Gasteiger partial charge on any atom is 0.229 e. The van der Waals surface area contributed by atoms with E-state index in [0.717, 1.165) is 11.6 Å². The molecule has 0 spiro atoms. The van der Waals surface area contributed by atoms with Gasteiger partial charge in [-0.2, -0.15) is 0 Å². The molecule has 0 saturated heterocycles. The van der Waals surface area contributed by atoms with E-state index in [0.29, 0.717) is 11.8 Å². The van der Waals surface area contributed by atoms with Gasteiger partial charge in [-0.3, -0.25) is 4.79 Å². The first-order valence-corrected chi connectivity index (χ1v) is 6.38. The predicted octanol–water partition coefficient (Wildman–Crippen LogP) is 2.62. The molecule has 1 aromatic rings. The topological polar surface area (TPSA) is 42.0 Å². The molecule has 4 heteroatoms. The Balaban J connectivity index is 1.63. The third-order valence-corrected chi connectivity index (χ3v) is 3.97. The van der Waals surface area contributed by atoms with Gasteiger partial charge in [0.25, 0.3) is 0 Å². The third kappa shape index (κ3) is 1.91.